The Balaban J connectivity index is 1.47. The lowest BCUT2D eigenvalue weighted by Crippen LogP contribution is -2.11. The van der Waals surface area contributed by atoms with Gasteiger partial charge in [0.15, 0.2) is 21.3 Å². The maximum absolute atomic E-state index is 12.7. The maximum Gasteiger partial charge on any atom is 0.291 e. The van der Waals surface area contributed by atoms with Gasteiger partial charge in [-0.2, -0.15) is 0 Å². The minimum absolute atomic E-state index is 0.00778. The number of hydrogen-bond donors (Lipinski definition) is 1. The van der Waals surface area contributed by atoms with E-state index in [-0.39, 0.29) is 22.2 Å². The van der Waals surface area contributed by atoms with E-state index in [0.29, 0.717) is 17.2 Å². The molecule has 4 rings (SSSR count). The third-order valence-electron chi connectivity index (χ3n) is 4.70. The smallest absolute Gasteiger partial charge is 0.291 e. The first-order valence-corrected chi connectivity index (χ1v) is 11.6. The van der Waals surface area contributed by atoms with Gasteiger partial charge in [-0.1, -0.05) is 48.0 Å². The average Bonchev–Trinajstić information content (AvgIpc) is 3.25. The number of carbonyl (C=O) groups excluding carboxylic acids is 1. The normalized spacial score (nSPS) is 11.2. The van der Waals surface area contributed by atoms with E-state index in [1.807, 2.05) is 31.2 Å². The monoisotopic (exact) mass is 447 g/mol. The molecule has 162 valence electrons. The summed E-state index contributed by atoms with van der Waals surface area (Å²) in [5, 5.41) is 2.76. The predicted octanol–water partition coefficient (Wildman–Crippen LogP) is 5.61. The third-order valence-corrected chi connectivity index (χ3v) is 6.36. The molecule has 0 aliphatic carbocycles. The molecule has 4 aromatic rings. The van der Waals surface area contributed by atoms with Gasteiger partial charge in [0, 0.05) is 0 Å². The van der Waals surface area contributed by atoms with Crippen LogP contribution in [0, 0.1) is 6.92 Å². The molecular weight excluding hydrogens is 426 g/mol. The summed E-state index contributed by atoms with van der Waals surface area (Å²) in [6.07, 6.45) is 0. The maximum atomic E-state index is 12.7. The van der Waals surface area contributed by atoms with Crippen LogP contribution in [0.2, 0.25) is 0 Å². The van der Waals surface area contributed by atoms with Crippen molar-refractivity contribution in [1.82, 2.24) is 0 Å². The van der Waals surface area contributed by atoms with Gasteiger partial charge < -0.3 is 14.5 Å². The molecule has 1 aromatic heterocycles. The molecule has 0 saturated heterocycles. The Morgan fingerprint density at radius 3 is 2.31 bits per heavy atom. The number of furan rings is 1. The molecule has 0 saturated carbocycles. The van der Waals surface area contributed by atoms with Crippen LogP contribution in [0.25, 0.3) is 0 Å². The van der Waals surface area contributed by atoms with E-state index in [2.05, 4.69) is 5.32 Å². The quantitative estimate of drug-likeness (QED) is 0.398. The van der Waals surface area contributed by atoms with Crippen molar-refractivity contribution in [2.24, 2.45) is 0 Å². The minimum atomic E-state index is -3.57. The molecule has 1 amide bonds. The summed E-state index contributed by atoms with van der Waals surface area (Å²) < 4.78 is 36.5. The van der Waals surface area contributed by atoms with Crippen molar-refractivity contribution in [3.05, 3.63) is 108 Å². The lowest BCUT2D eigenvalue weighted by atomic mass is 10.2. The van der Waals surface area contributed by atoms with Crippen LogP contribution >= 0.6 is 0 Å². The molecule has 6 nitrogen and oxygen atoms in total. The van der Waals surface area contributed by atoms with Gasteiger partial charge in [0.1, 0.15) is 17.3 Å². The number of benzene rings is 3. The lowest BCUT2D eigenvalue weighted by Gasteiger charge is -2.11. The molecule has 1 heterocycles. The number of sulfone groups is 1. The van der Waals surface area contributed by atoms with Crippen molar-refractivity contribution in [2.75, 3.05) is 5.32 Å². The van der Waals surface area contributed by atoms with Gasteiger partial charge in [-0.3, -0.25) is 4.79 Å². The van der Waals surface area contributed by atoms with Crippen LogP contribution in [0.1, 0.15) is 21.9 Å². The standard InChI is InChI=1S/C25H21NO5S/c1-18-11-13-19(14-12-18)30-23-10-6-5-9-22(23)26-25(27)24-16-15-20(31-24)17-32(28,29)21-7-3-2-4-8-21/h2-16H,17H2,1H3,(H,26,27). The molecule has 0 fully saturated rings. The second-order valence-corrected chi connectivity index (χ2v) is 9.19. The van der Waals surface area contributed by atoms with Crippen LogP contribution in [0.3, 0.4) is 0 Å². The highest BCUT2D eigenvalue weighted by molar-refractivity contribution is 7.90. The molecule has 0 spiro atoms. The van der Waals surface area contributed by atoms with Gasteiger partial charge in [0.2, 0.25) is 0 Å². The fourth-order valence-corrected chi connectivity index (χ4v) is 4.32. The van der Waals surface area contributed by atoms with Crippen LogP contribution < -0.4 is 10.1 Å². The number of aryl methyl sites for hydroxylation is 1. The van der Waals surface area contributed by atoms with Crippen molar-refractivity contribution in [1.29, 1.82) is 0 Å². The second kappa shape index (κ2) is 9.11. The van der Waals surface area contributed by atoms with E-state index in [9.17, 15) is 13.2 Å². The van der Waals surface area contributed by atoms with Crippen LogP contribution in [0.5, 0.6) is 11.5 Å². The van der Waals surface area contributed by atoms with Gasteiger partial charge >= 0.3 is 0 Å². The van der Waals surface area contributed by atoms with Crippen LogP contribution in [-0.2, 0) is 15.6 Å². The highest BCUT2D eigenvalue weighted by atomic mass is 32.2. The van der Waals surface area contributed by atoms with Crippen LogP contribution in [0.4, 0.5) is 5.69 Å². The topological polar surface area (TPSA) is 85.6 Å². The van der Waals surface area contributed by atoms with Gasteiger partial charge in [-0.15, -0.1) is 0 Å². The third kappa shape index (κ3) is 5.07. The predicted molar refractivity (Wildman–Crippen MR) is 122 cm³/mol. The lowest BCUT2D eigenvalue weighted by molar-refractivity contribution is 0.0995. The summed E-state index contributed by atoms with van der Waals surface area (Å²) in [7, 11) is -3.57. The summed E-state index contributed by atoms with van der Waals surface area (Å²) in [4.78, 5) is 12.9. The van der Waals surface area contributed by atoms with Gasteiger partial charge in [-0.05, 0) is 55.5 Å². The largest absolute Gasteiger partial charge is 0.455 e. The van der Waals surface area contributed by atoms with Crippen molar-refractivity contribution in [3.63, 3.8) is 0 Å². The first-order chi connectivity index (χ1) is 15.4. The number of carbonyl (C=O) groups is 1. The summed E-state index contributed by atoms with van der Waals surface area (Å²) in [6.45, 7) is 1.99. The molecule has 3 aromatic carbocycles. The summed E-state index contributed by atoms with van der Waals surface area (Å²) in [6, 6.07) is 25.7. The number of nitrogens with one attached hydrogen (secondary N) is 1. The number of ether oxygens (including phenoxy) is 1. The number of hydrogen-bond acceptors (Lipinski definition) is 5. The fraction of sp³-hybridized carbons (Fsp3) is 0.0800. The first-order valence-electron chi connectivity index (χ1n) is 9.92. The molecule has 32 heavy (non-hydrogen) atoms. The molecular formula is C25H21NO5S. The Bertz CT molecular complexity index is 1330. The molecule has 0 aliphatic heterocycles. The fourth-order valence-electron chi connectivity index (χ4n) is 3.05. The highest BCUT2D eigenvalue weighted by Gasteiger charge is 2.20. The van der Waals surface area contributed by atoms with Gasteiger partial charge in [0.25, 0.3) is 5.91 Å². The zero-order chi connectivity index (χ0) is 22.6. The molecule has 7 heteroatoms. The van der Waals surface area contributed by atoms with E-state index >= 15 is 0 Å². The van der Waals surface area contributed by atoms with Gasteiger partial charge in [-0.25, -0.2) is 8.42 Å². The minimum Gasteiger partial charge on any atom is -0.455 e. The number of para-hydroxylation sites is 2. The second-order valence-electron chi connectivity index (χ2n) is 7.20. The van der Waals surface area contributed by atoms with E-state index in [1.54, 1.807) is 42.5 Å². The van der Waals surface area contributed by atoms with Crippen molar-refractivity contribution in [3.8, 4) is 11.5 Å². The Morgan fingerprint density at radius 2 is 1.56 bits per heavy atom. The Labute approximate surface area is 186 Å². The van der Waals surface area contributed by atoms with Crippen molar-refractivity contribution < 1.29 is 22.4 Å². The summed E-state index contributed by atoms with van der Waals surface area (Å²) in [5.74, 6) is 0.467. The summed E-state index contributed by atoms with van der Waals surface area (Å²) >= 11 is 0. The van der Waals surface area contributed by atoms with E-state index in [4.69, 9.17) is 9.15 Å². The van der Waals surface area contributed by atoms with E-state index in [0.717, 1.165) is 5.56 Å². The summed E-state index contributed by atoms with van der Waals surface area (Å²) in [5.41, 5.74) is 1.58. The molecule has 0 atom stereocenters. The highest BCUT2D eigenvalue weighted by Crippen LogP contribution is 2.30. The van der Waals surface area contributed by atoms with Gasteiger partial charge in [0.05, 0.1) is 10.6 Å². The molecule has 0 bridgehead atoms. The Kier molecular flexibility index (Phi) is 6.09. The molecule has 0 radical (unpaired) electrons. The number of amides is 1. The number of rotatable bonds is 7. The zero-order valence-corrected chi connectivity index (χ0v) is 18.1. The molecule has 1 N–H and O–H groups in total. The molecule has 0 aliphatic rings. The van der Waals surface area contributed by atoms with Crippen LogP contribution in [-0.4, -0.2) is 14.3 Å². The Morgan fingerprint density at radius 1 is 0.875 bits per heavy atom. The van der Waals surface area contributed by atoms with E-state index < -0.39 is 15.7 Å². The van der Waals surface area contributed by atoms with Crippen molar-refractivity contribution in [2.45, 2.75) is 17.6 Å². The Hall–Kier alpha value is -3.84. The van der Waals surface area contributed by atoms with E-state index in [1.165, 1.54) is 24.3 Å². The van der Waals surface area contributed by atoms with Crippen molar-refractivity contribution >= 4 is 21.4 Å². The first kappa shape index (κ1) is 21.4. The zero-order valence-electron chi connectivity index (χ0n) is 17.3. The average molecular weight is 448 g/mol. The SMILES string of the molecule is Cc1ccc(Oc2ccccc2NC(=O)c2ccc(CS(=O)(=O)c3ccccc3)o2)cc1. The number of anilines is 1. The molecule has 0 unspecified atom stereocenters. The van der Waals surface area contributed by atoms with Crippen LogP contribution in [0.15, 0.2) is 100 Å².